The van der Waals surface area contributed by atoms with E-state index in [-0.39, 0.29) is 18.0 Å². The van der Waals surface area contributed by atoms with Crippen molar-refractivity contribution < 1.29 is 14.3 Å². The van der Waals surface area contributed by atoms with E-state index in [2.05, 4.69) is 0 Å². The summed E-state index contributed by atoms with van der Waals surface area (Å²) in [7, 11) is 1.79. The lowest BCUT2D eigenvalue weighted by Crippen LogP contribution is -2.49. The fraction of sp³-hybridized carbons (Fsp3) is 0.846. The molecule has 2 amide bonds. The molecule has 0 saturated carbocycles. The molecule has 5 nitrogen and oxygen atoms in total. The smallest absolute Gasteiger partial charge is 0.410 e. The van der Waals surface area contributed by atoms with Gasteiger partial charge in [0.05, 0.1) is 0 Å². The Morgan fingerprint density at radius 3 is 2.56 bits per heavy atom. The van der Waals surface area contributed by atoms with E-state index in [4.69, 9.17) is 4.74 Å². The van der Waals surface area contributed by atoms with E-state index in [9.17, 15) is 9.59 Å². The van der Waals surface area contributed by atoms with Gasteiger partial charge in [0, 0.05) is 32.6 Å². The van der Waals surface area contributed by atoms with Crippen molar-refractivity contribution in [2.24, 2.45) is 0 Å². The molecule has 0 aromatic rings. The molecule has 0 aliphatic carbocycles. The van der Waals surface area contributed by atoms with Gasteiger partial charge in [-0.05, 0) is 34.1 Å². The minimum Gasteiger partial charge on any atom is -0.444 e. The maximum atomic E-state index is 12.1. The Kier molecular flexibility index (Phi) is 4.59. The molecular formula is C13H24N2O3. The Hall–Kier alpha value is -1.26. The summed E-state index contributed by atoms with van der Waals surface area (Å²) in [6, 6.07) is -0.0338. The van der Waals surface area contributed by atoms with Gasteiger partial charge >= 0.3 is 6.09 Å². The molecule has 0 radical (unpaired) electrons. The van der Waals surface area contributed by atoms with Gasteiger partial charge < -0.3 is 14.5 Å². The highest BCUT2D eigenvalue weighted by molar-refractivity contribution is 5.78. The molecule has 1 rings (SSSR count). The van der Waals surface area contributed by atoms with Crippen LogP contribution < -0.4 is 0 Å². The molecule has 1 fully saturated rings. The molecule has 1 atom stereocenters. The number of hydrogen-bond donors (Lipinski definition) is 0. The molecule has 104 valence electrons. The van der Waals surface area contributed by atoms with E-state index >= 15 is 0 Å². The van der Waals surface area contributed by atoms with Crippen LogP contribution in [0.25, 0.3) is 0 Å². The lowest BCUT2D eigenvalue weighted by Gasteiger charge is -2.37. The Balaban J connectivity index is 2.66. The van der Waals surface area contributed by atoms with Gasteiger partial charge in [-0.25, -0.2) is 4.79 Å². The molecule has 1 saturated heterocycles. The lowest BCUT2D eigenvalue weighted by molar-refractivity contribution is -0.133. The summed E-state index contributed by atoms with van der Waals surface area (Å²) in [5.41, 5.74) is -0.500. The predicted octanol–water partition coefficient (Wildman–Crippen LogP) is 1.86. The van der Waals surface area contributed by atoms with Gasteiger partial charge in [-0.2, -0.15) is 0 Å². The summed E-state index contributed by atoms with van der Waals surface area (Å²) in [5.74, 6) is 0.0910. The summed E-state index contributed by atoms with van der Waals surface area (Å²) in [6.45, 7) is 8.71. The standard InChI is InChI=1S/C13H24N2O3/c1-6-15(12(17)18-13(2,3)4)10-7-8-14(5)11(16)9-10/h10H,6-9H2,1-5H3/t10-/m0/s1. The predicted molar refractivity (Wildman–Crippen MR) is 69.3 cm³/mol. The average molecular weight is 256 g/mol. The Morgan fingerprint density at radius 1 is 1.50 bits per heavy atom. The van der Waals surface area contributed by atoms with Crippen LogP contribution in [-0.4, -0.2) is 53.6 Å². The van der Waals surface area contributed by atoms with Gasteiger partial charge in [-0.1, -0.05) is 0 Å². The largest absolute Gasteiger partial charge is 0.444 e. The maximum absolute atomic E-state index is 12.1. The SMILES string of the molecule is CCN(C(=O)OC(C)(C)C)[C@H]1CCN(C)C(=O)C1. The fourth-order valence-electron chi connectivity index (χ4n) is 2.05. The molecule has 1 aliphatic rings. The first-order valence-corrected chi connectivity index (χ1v) is 6.48. The highest BCUT2D eigenvalue weighted by atomic mass is 16.6. The first-order chi connectivity index (χ1) is 8.24. The molecule has 0 aromatic carbocycles. The van der Waals surface area contributed by atoms with Gasteiger partial charge in [0.1, 0.15) is 5.60 Å². The van der Waals surface area contributed by atoms with Crippen LogP contribution in [0.4, 0.5) is 4.79 Å². The van der Waals surface area contributed by atoms with Crippen molar-refractivity contribution in [2.75, 3.05) is 20.1 Å². The monoisotopic (exact) mass is 256 g/mol. The van der Waals surface area contributed by atoms with Crippen LogP contribution in [0.15, 0.2) is 0 Å². The molecule has 18 heavy (non-hydrogen) atoms. The molecule has 0 aromatic heterocycles. The summed E-state index contributed by atoms with van der Waals surface area (Å²) in [5, 5.41) is 0. The van der Waals surface area contributed by atoms with Gasteiger partial charge in [-0.3, -0.25) is 4.79 Å². The van der Waals surface area contributed by atoms with Crippen molar-refractivity contribution in [3.05, 3.63) is 0 Å². The minimum absolute atomic E-state index is 0.0338. The number of carbonyl (C=O) groups is 2. The number of nitrogens with zero attached hydrogens (tertiary/aromatic N) is 2. The molecule has 0 bridgehead atoms. The summed E-state index contributed by atoms with van der Waals surface area (Å²) in [4.78, 5) is 27.1. The zero-order valence-electron chi connectivity index (χ0n) is 12.0. The van der Waals surface area contributed by atoms with Crippen LogP contribution in [0.2, 0.25) is 0 Å². The summed E-state index contributed by atoms with van der Waals surface area (Å²) in [6.07, 6.45) is 0.881. The number of rotatable bonds is 2. The molecule has 0 spiro atoms. The first-order valence-electron chi connectivity index (χ1n) is 6.48. The first kappa shape index (κ1) is 14.8. The second-order valence-electron chi connectivity index (χ2n) is 5.73. The third-order valence-corrected chi connectivity index (χ3v) is 3.04. The van der Waals surface area contributed by atoms with Crippen molar-refractivity contribution in [3.8, 4) is 0 Å². The Morgan fingerprint density at radius 2 is 2.11 bits per heavy atom. The second kappa shape index (κ2) is 5.59. The van der Waals surface area contributed by atoms with E-state index in [1.54, 1.807) is 16.8 Å². The van der Waals surface area contributed by atoms with Gasteiger partial charge in [0.2, 0.25) is 5.91 Å². The zero-order valence-corrected chi connectivity index (χ0v) is 12.0. The van der Waals surface area contributed by atoms with E-state index in [1.165, 1.54) is 0 Å². The van der Waals surface area contributed by atoms with E-state index in [0.717, 1.165) is 6.42 Å². The van der Waals surface area contributed by atoms with Crippen LogP contribution in [0.5, 0.6) is 0 Å². The third-order valence-electron chi connectivity index (χ3n) is 3.04. The number of amides is 2. The number of likely N-dealkylation sites (tertiary alicyclic amines) is 1. The molecule has 1 heterocycles. The van der Waals surface area contributed by atoms with Gasteiger partial charge in [-0.15, -0.1) is 0 Å². The van der Waals surface area contributed by atoms with E-state index in [0.29, 0.717) is 19.5 Å². The topological polar surface area (TPSA) is 49.9 Å². The Labute approximate surface area is 109 Å². The number of ether oxygens (including phenoxy) is 1. The normalized spacial score (nSPS) is 20.8. The van der Waals surface area contributed by atoms with Crippen molar-refractivity contribution in [1.29, 1.82) is 0 Å². The second-order valence-corrected chi connectivity index (χ2v) is 5.73. The lowest BCUT2D eigenvalue weighted by atomic mass is 10.0. The van der Waals surface area contributed by atoms with Gasteiger partial charge in [0.25, 0.3) is 0 Å². The highest BCUT2D eigenvalue weighted by Gasteiger charge is 2.32. The molecule has 0 unspecified atom stereocenters. The van der Waals surface area contributed by atoms with Crippen LogP contribution >= 0.6 is 0 Å². The Bertz CT molecular complexity index is 323. The van der Waals surface area contributed by atoms with Crippen molar-refractivity contribution in [1.82, 2.24) is 9.80 Å². The average Bonchev–Trinajstić information content (AvgIpc) is 2.21. The molecular weight excluding hydrogens is 232 g/mol. The van der Waals surface area contributed by atoms with Crippen LogP contribution in [0.1, 0.15) is 40.5 Å². The molecule has 5 heteroatoms. The minimum atomic E-state index is -0.500. The summed E-state index contributed by atoms with van der Waals surface area (Å²) < 4.78 is 5.37. The number of carbonyl (C=O) groups excluding carboxylic acids is 2. The fourth-order valence-corrected chi connectivity index (χ4v) is 2.05. The zero-order chi connectivity index (χ0) is 13.9. The van der Waals surface area contributed by atoms with Crippen LogP contribution in [-0.2, 0) is 9.53 Å². The third kappa shape index (κ3) is 3.89. The van der Waals surface area contributed by atoms with Gasteiger partial charge in [0.15, 0.2) is 0 Å². The molecule has 0 N–H and O–H groups in total. The summed E-state index contributed by atoms with van der Waals surface area (Å²) >= 11 is 0. The quantitative estimate of drug-likeness (QED) is 0.757. The van der Waals surface area contributed by atoms with Crippen LogP contribution in [0, 0.1) is 0 Å². The maximum Gasteiger partial charge on any atom is 0.410 e. The van der Waals surface area contributed by atoms with Crippen LogP contribution in [0.3, 0.4) is 0 Å². The van der Waals surface area contributed by atoms with E-state index in [1.807, 2.05) is 27.7 Å². The number of hydrogen-bond acceptors (Lipinski definition) is 3. The number of piperidine rings is 1. The molecule has 1 aliphatic heterocycles. The van der Waals surface area contributed by atoms with Crippen molar-refractivity contribution in [3.63, 3.8) is 0 Å². The highest BCUT2D eigenvalue weighted by Crippen LogP contribution is 2.19. The van der Waals surface area contributed by atoms with Crippen molar-refractivity contribution in [2.45, 2.75) is 52.2 Å². The van der Waals surface area contributed by atoms with Crippen molar-refractivity contribution >= 4 is 12.0 Å². The van der Waals surface area contributed by atoms with E-state index < -0.39 is 5.60 Å².